The van der Waals surface area contributed by atoms with Crippen LogP contribution in [0.15, 0.2) is 22.7 Å². The summed E-state index contributed by atoms with van der Waals surface area (Å²) < 4.78 is 5.26. The number of rotatable bonds is 3. The van der Waals surface area contributed by atoms with E-state index in [1.54, 1.807) is 13.8 Å². The van der Waals surface area contributed by atoms with Crippen LogP contribution in [0.5, 0.6) is 0 Å². The molecule has 1 N–H and O–H groups in total. The van der Waals surface area contributed by atoms with Gasteiger partial charge in [-0.25, -0.2) is 0 Å². The lowest BCUT2D eigenvalue weighted by Gasteiger charge is -2.13. The van der Waals surface area contributed by atoms with E-state index in [0.29, 0.717) is 18.1 Å². The molecule has 0 spiro atoms. The van der Waals surface area contributed by atoms with Crippen LogP contribution in [-0.4, -0.2) is 20.8 Å². The lowest BCUT2D eigenvalue weighted by Crippen LogP contribution is -2.22. The van der Waals surface area contributed by atoms with Crippen molar-refractivity contribution in [2.75, 3.05) is 0 Å². The minimum absolute atomic E-state index is 0.376. The molecule has 18 heavy (non-hydrogen) atoms. The fourth-order valence-corrected chi connectivity index (χ4v) is 1.79. The van der Waals surface area contributed by atoms with Crippen molar-refractivity contribution < 1.29 is 9.63 Å². The summed E-state index contributed by atoms with van der Waals surface area (Å²) in [5.74, 6) is 1.04. The molecule has 0 aliphatic carbocycles. The summed E-state index contributed by atoms with van der Waals surface area (Å²) in [6.45, 7) is 7.48. The van der Waals surface area contributed by atoms with Crippen molar-refractivity contribution >= 4 is 0 Å². The van der Waals surface area contributed by atoms with Gasteiger partial charge in [-0.3, -0.25) is 0 Å². The van der Waals surface area contributed by atoms with Crippen molar-refractivity contribution in [1.82, 2.24) is 10.1 Å². The molecule has 0 fully saturated rings. The molecule has 0 aliphatic rings. The number of nitrogens with zero attached hydrogens (tertiary/aromatic N) is 2. The molecular formula is C14H18N2O2. The molecule has 2 aromatic rings. The molecule has 0 radical (unpaired) electrons. The predicted octanol–water partition coefficient (Wildman–Crippen LogP) is 2.67. The summed E-state index contributed by atoms with van der Waals surface area (Å²) in [7, 11) is 0. The van der Waals surface area contributed by atoms with Crippen molar-refractivity contribution in [2.24, 2.45) is 0 Å². The van der Waals surface area contributed by atoms with Gasteiger partial charge < -0.3 is 9.63 Å². The Bertz CT molecular complexity index is 553. The van der Waals surface area contributed by atoms with Crippen molar-refractivity contribution in [2.45, 2.75) is 39.7 Å². The number of aliphatic hydroxyl groups is 1. The molecule has 2 rings (SSSR count). The average Bonchev–Trinajstić information content (AvgIpc) is 2.67. The molecule has 96 valence electrons. The van der Waals surface area contributed by atoms with E-state index in [-0.39, 0.29) is 0 Å². The molecule has 0 bridgehead atoms. The Morgan fingerprint density at radius 1 is 1.28 bits per heavy atom. The van der Waals surface area contributed by atoms with Crippen LogP contribution in [0.4, 0.5) is 0 Å². The number of hydrogen-bond donors (Lipinski definition) is 1. The summed E-state index contributed by atoms with van der Waals surface area (Å²) >= 11 is 0. The van der Waals surface area contributed by atoms with Crippen LogP contribution in [0, 0.1) is 13.8 Å². The fourth-order valence-electron chi connectivity index (χ4n) is 1.79. The SMILES string of the molecule is Cc1ccc(C)c(-c2nc(CC(C)(C)O)no2)c1. The van der Waals surface area contributed by atoms with E-state index in [4.69, 9.17) is 4.52 Å². The fraction of sp³-hybridized carbons (Fsp3) is 0.429. The smallest absolute Gasteiger partial charge is 0.258 e. The monoisotopic (exact) mass is 246 g/mol. The van der Waals surface area contributed by atoms with Crippen LogP contribution in [0.1, 0.15) is 30.8 Å². The standard InChI is InChI=1S/C14H18N2O2/c1-9-5-6-10(2)11(7-9)13-15-12(16-18-13)8-14(3,4)17/h5-7,17H,8H2,1-4H3. The Kier molecular flexibility index (Phi) is 3.22. The lowest BCUT2D eigenvalue weighted by atomic mass is 10.0. The third-order valence-electron chi connectivity index (χ3n) is 2.68. The van der Waals surface area contributed by atoms with Gasteiger partial charge in [0.15, 0.2) is 5.82 Å². The Labute approximate surface area is 107 Å². The van der Waals surface area contributed by atoms with E-state index in [1.165, 1.54) is 0 Å². The highest BCUT2D eigenvalue weighted by Crippen LogP contribution is 2.23. The molecule has 0 saturated heterocycles. The van der Waals surface area contributed by atoms with Crippen LogP contribution in [0.2, 0.25) is 0 Å². The zero-order valence-corrected chi connectivity index (χ0v) is 11.2. The first-order valence-corrected chi connectivity index (χ1v) is 5.98. The van der Waals surface area contributed by atoms with Crippen molar-refractivity contribution in [3.63, 3.8) is 0 Å². The van der Waals surface area contributed by atoms with Crippen molar-refractivity contribution in [1.29, 1.82) is 0 Å². The molecule has 0 aliphatic heterocycles. The summed E-state index contributed by atoms with van der Waals surface area (Å²) in [6, 6.07) is 6.11. The number of hydrogen-bond acceptors (Lipinski definition) is 4. The molecule has 1 aromatic heterocycles. The third kappa shape index (κ3) is 2.96. The van der Waals surface area contributed by atoms with Gasteiger partial charge in [0.1, 0.15) is 0 Å². The molecule has 1 aromatic carbocycles. The summed E-state index contributed by atoms with van der Waals surface area (Å²) in [5, 5.41) is 13.6. The highest BCUT2D eigenvalue weighted by Gasteiger charge is 2.19. The van der Waals surface area contributed by atoms with Gasteiger partial charge in [0.25, 0.3) is 5.89 Å². The minimum atomic E-state index is -0.831. The van der Waals surface area contributed by atoms with Crippen LogP contribution < -0.4 is 0 Å². The first kappa shape index (κ1) is 12.8. The summed E-state index contributed by atoms with van der Waals surface area (Å²) in [4.78, 5) is 4.33. The first-order chi connectivity index (χ1) is 8.35. The molecule has 0 amide bonds. The first-order valence-electron chi connectivity index (χ1n) is 5.98. The Hall–Kier alpha value is -1.68. The van der Waals surface area contributed by atoms with E-state index in [1.807, 2.05) is 32.0 Å². The molecule has 0 saturated carbocycles. The molecule has 1 heterocycles. The molecule has 0 unspecified atom stereocenters. The van der Waals surface area contributed by atoms with Crippen LogP contribution in [-0.2, 0) is 6.42 Å². The van der Waals surface area contributed by atoms with Crippen molar-refractivity contribution in [3.8, 4) is 11.5 Å². The largest absolute Gasteiger partial charge is 0.390 e. The van der Waals surface area contributed by atoms with E-state index in [0.717, 1.165) is 16.7 Å². The van der Waals surface area contributed by atoms with Gasteiger partial charge in [-0.1, -0.05) is 22.9 Å². The lowest BCUT2D eigenvalue weighted by molar-refractivity contribution is 0.0781. The number of aromatic nitrogens is 2. The van der Waals surface area contributed by atoms with Gasteiger partial charge in [0.05, 0.1) is 5.60 Å². The number of aryl methyl sites for hydroxylation is 2. The highest BCUT2D eigenvalue weighted by molar-refractivity contribution is 5.59. The average molecular weight is 246 g/mol. The minimum Gasteiger partial charge on any atom is -0.390 e. The third-order valence-corrected chi connectivity index (χ3v) is 2.68. The van der Waals surface area contributed by atoms with Gasteiger partial charge in [-0.15, -0.1) is 0 Å². The van der Waals surface area contributed by atoms with Crippen molar-refractivity contribution in [3.05, 3.63) is 35.2 Å². The van der Waals surface area contributed by atoms with Gasteiger partial charge in [-0.05, 0) is 39.3 Å². The summed E-state index contributed by atoms with van der Waals surface area (Å²) in [5.41, 5.74) is 2.37. The van der Waals surface area contributed by atoms with Gasteiger partial charge >= 0.3 is 0 Å². The zero-order chi connectivity index (χ0) is 13.3. The van der Waals surface area contributed by atoms with E-state index < -0.39 is 5.60 Å². The molecule has 4 heteroatoms. The van der Waals surface area contributed by atoms with Gasteiger partial charge in [-0.2, -0.15) is 4.98 Å². The van der Waals surface area contributed by atoms with E-state index in [2.05, 4.69) is 10.1 Å². The molecule has 4 nitrogen and oxygen atoms in total. The second-order valence-electron chi connectivity index (χ2n) is 5.32. The maximum absolute atomic E-state index is 9.73. The maximum atomic E-state index is 9.73. The topological polar surface area (TPSA) is 59.2 Å². The molecular weight excluding hydrogens is 228 g/mol. The normalized spacial score (nSPS) is 11.8. The van der Waals surface area contributed by atoms with Gasteiger partial charge in [0, 0.05) is 12.0 Å². The van der Waals surface area contributed by atoms with Gasteiger partial charge in [0.2, 0.25) is 0 Å². The molecule has 0 atom stereocenters. The second kappa shape index (κ2) is 4.53. The maximum Gasteiger partial charge on any atom is 0.258 e. The van der Waals surface area contributed by atoms with Crippen LogP contribution >= 0.6 is 0 Å². The predicted molar refractivity (Wildman–Crippen MR) is 69.2 cm³/mol. The zero-order valence-electron chi connectivity index (χ0n) is 11.2. The number of benzene rings is 1. The van der Waals surface area contributed by atoms with E-state index in [9.17, 15) is 5.11 Å². The van der Waals surface area contributed by atoms with Crippen LogP contribution in [0.3, 0.4) is 0 Å². The quantitative estimate of drug-likeness (QED) is 0.904. The van der Waals surface area contributed by atoms with Crippen LogP contribution in [0.25, 0.3) is 11.5 Å². The second-order valence-corrected chi connectivity index (χ2v) is 5.32. The summed E-state index contributed by atoms with van der Waals surface area (Å²) in [6.07, 6.45) is 0.376. The Morgan fingerprint density at radius 3 is 2.67 bits per heavy atom. The highest BCUT2D eigenvalue weighted by atomic mass is 16.5. The van der Waals surface area contributed by atoms with E-state index >= 15 is 0 Å². The Balaban J connectivity index is 2.32. The Morgan fingerprint density at radius 2 is 2.00 bits per heavy atom.